The predicted molar refractivity (Wildman–Crippen MR) is 107 cm³/mol. The number of carbonyl (C=O) groups is 2. The average molecular weight is 452 g/mol. The lowest BCUT2D eigenvalue weighted by molar-refractivity contribution is -0.118. The Labute approximate surface area is 166 Å². The van der Waals surface area contributed by atoms with Crippen molar-refractivity contribution in [2.75, 3.05) is 11.9 Å². The van der Waals surface area contributed by atoms with Crippen molar-refractivity contribution in [1.29, 1.82) is 0 Å². The number of rotatable bonds is 7. The van der Waals surface area contributed by atoms with E-state index in [-0.39, 0.29) is 18.9 Å². The molecule has 2 aromatic heterocycles. The van der Waals surface area contributed by atoms with Gasteiger partial charge in [-0.1, -0.05) is 0 Å². The maximum Gasteiger partial charge on any atom is 0.275 e. The van der Waals surface area contributed by atoms with Gasteiger partial charge in [-0.2, -0.15) is 0 Å². The van der Waals surface area contributed by atoms with E-state index in [1.165, 1.54) is 11.3 Å². The van der Waals surface area contributed by atoms with Gasteiger partial charge in [0.25, 0.3) is 5.91 Å². The van der Waals surface area contributed by atoms with Gasteiger partial charge in [0.2, 0.25) is 5.91 Å². The zero-order chi connectivity index (χ0) is 18.5. The van der Waals surface area contributed by atoms with Crippen molar-refractivity contribution >= 4 is 56.1 Å². The molecular weight excluding hydrogens is 438 g/mol. The van der Waals surface area contributed by atoms with Gasteiger partial charge in [0.1, 0.15) is 16.5 Å². The molecule has 0 fully saturated rings. The normalized spacial score (nSPS) is 10.5. The summed E-state index contributed by atoms with van der Waals surface area (Å²) in [4.78, 5) is 28.4. The molecular formula is C17H14BrN3O3S2. The lowest BCUT2D eigenvalue weighted by Crippen LogP contribution is -2.14. The van der Waals surface area contributed by atoms with Gasteiger partial charge in [-0.25, -0.2) is 4.98 Å². The van der Waals surface area contributed by atoms with E-state index < -0.39 is 5.91 Å². The van der Waals surface area contributed by atoms with Gasteiger partial charge in [-0.05, 0) is 46.3 Å². The standard InChI is InChI=1S/C17H14BrN3O3S2/c18-10-7-14(25-8-10)17-21-13(9-26-17)16(23)20-11-1-3-12(4-2-11)24-6-5-15(19)22/h1-4,7-9H,5-6H2,(H2,19,22)(H,20,23). The highest BCUT2D eigenvalue weighted by molar-refractivity contribution is 9.10. The molecule has 0 aliphatic carbocycles. The zero-order valence-corrected chi connectivity index (χ0v) is 16.6. The lowest BCUT2D eigenvalue weighted by Gasteiger charge is -2.07. The fourth-order valence-corrected chi connectivity index (χ4v) is 4.32. The first kappa shape index (κ1) is 18.6. The second-order valence-corrected chi connectivity index (χ2v) is 7.90. The van der Waals surface area contributed by atoms with Gasteiger partial charge in [-0.15, -0.1) is 22.7 Å². The van der Waals surface area contributed by atoms with Gasteiger partial charge >= 0.3 is 0 Å². The van der Waals surface area contributed by atoms with Crippen LogP contribution in [0, 0.1) is 0 Å². The number of amides is 2. The van der Waals surface area contributed by atoms with E-state index >= 15 is 0 Å². The third-order valence-electron chi connectivity index (χ3n) is 3.24. The molecule has 2 amide bonds. The van der Waals surface area contributed by atoms with E-state index in [9.17, 15) is 9.59 Å². The smallest absolute Gasteiger partial charge is 0.275 e. The molecule has 134 valence electrons. The number of thiophene rings is 1. The van der Waals surface area contributed by atoms with E-state index in [1.54, 1.807) is 41.0 Å². The third-order valence-corrected chi connectivity index (χ3v) is 5.95. The van der Waals surface area contributed by atoms with E-state index in [1.807, 2.05) is 11.4 Å². The summed E-state index contributed by atoms with van der Waals surface area (Å²) in [6, 6.07) is 8.85. The fourth-order valence-electron chi connectivity index (χ4n) is 2.02. The molecule has 9 heteroatoms. The molecule has 26 heavy (non-hydrogen) atoms. The van der Waals surface area contributed by atoms with Crippen LogP contribution in [0.15, 0.2) is 45.6 Å². The number of hydrogen-bond donors (Lipinski definition) is 2. The summed E-state index contributed by atoms with van der Waals surface area (Å²) in [6.45, 7) is 0.224. The number of benzene rings is 1. The molecule has 0 spiro atoms. The molecule has 0 radical (unpaired) electrons. The number of ether oxygens (including phenoxy) is 1. The summed E-state index contributed by atoms with van der Waals surface area (Å²) in [5.74, 6) is -0.0830. The van der Waals surface area contributed by atoms with Crippen molar-refractivity contribution in [2.24, 2.45) is 5.73 Å². The van der Waals surface area contributed by atoms with Crippen LogP contribution in [0.5, 0.6) is 5.75 Å². The second-order valence-electron chi connectivity index (χ2n) is 5.21. The molecule has 3 N–H and O–H groups in total. The number of anilines is 1. The quantitative estimate of drug-likeness (QED) is 0.564. The van der Waals surface area contributed by atoms with Crippen LogP contribution >= 0.6 is 38.6 Å². The second kappa shape index (κ2) is 8.43. The molecule has 0 bridgehead atoms. The van der Waals surface area contributed by atoms with Crippen LogP contribution in [0.1, 0.15) is 16.9 Å². The SMILES string of the molecule is NC(=O)CCOc1ccc(NC(=O)c2csc(-c3cc(Br)cs3)n2)cc1. The molecule has 0 saturated heterocycles. The minimum absolute atomic E-state index is 0.158. The van der Waals surface area contributed by atoms with Crippen LogP contribution in [0.25, 0.3) is 9.88 Å². The Bertz CT molecular complexity index is 921. The fraction of sp³-hybridized carbons (Fsp3) is 0.118. The molecule has 0 aliphatic rings. The largest absolute Gasteiger partial charge is 0.493 e. The number of thiazole rings is 1. The summed E-state index contributed by atoms with van der Waals surface area (Å²) in [6.07, 6.45) is 0.158. The Balaban J connectivity index is 1.59. The highest BCUT2D eigenvalue weighted by Crippen LogP contribution is 2.32. The Morgan fingerprint density at radius 2 is 1.96 bits per heavy atom. The Kier molecular flexibility index (Phi) is 6.02. The molecule has 0 atom stereocenters. The molecule has 0 saturated carbocycles. The highest BCUT2D eigenvalue weighted by atomic mass is 79.9. The van der Waals surface area contributed by atoms with Crippen LogP contribution in [-0.2, 0) is 4.79 Å². The molecule has 6 nitrogen and oxygen atoms in total. The molecule has 3 rings (SSSR count). The number of primary amides is 1. The molecule has 0 unspecified atom stereocenters. The van der Waals surface area contributed by atoms with Crippen LogP contribution < -0.4 is 15.8 Å². The van der Waals surface area contributed by atoms with Crippen molar-refractivity contribution in [3.63, 3.8) is 0 Å². The topological polar surface area (TPSA) is 94.3 Å². The highest BCUT2D eigenvalue weighted by Gasteiger charge is 2.13. The summed E-state index contributed by atoms with van der Waals surface area (Å²) in [5, 5.41) is 7.32. The van der Waals surface area contributed by atoms with Crippen LogP contribution in [0.2, 0.25) is 0 Å². The Morgan fingerprint density at radius 1 is 1.19 bits per heavy atom. The lowest BCUT2D eigenvalue weighted by atomic mass is 10.3. The monoisotopic (exact) mass is 451 g/mol. The number of nitrogens with one attached hydrogen (secondary N) is 1. The van der Waals surface area contributed by atoms with Crippen molar-refractivity contribution < 1.29 is 14.3 Å². The van der Waals surface area contributed by atoms with E-state index in [0.717, 1.165) is 14.4 Å². The van der Waals surface area contributed by atoms with Crippen LogP contribution in [0.3, 0.4) is 0 Å². The molecule has 1 aromatic carbocycles. The number of nitrogens with two attached hydrogens (primary N) is 1. The first-order valence-corrected chi connectivity index (χ1v) is 10.1. The minimum atomic E-state index is -0.411. The summed E-state index contributed by atoms with van der Waals surface area (Å²) in [5.41, 5.74) is 6.06. The van der Waals surface area contributed by atoms with Crippen molar-refractivity contribution in [3.8, 4) is 15.6 Å². The first-order valence-electron chi connectivity index (χ1n) is 7.54. The van der Waals surface area contributed by atoms with E-state index in [4.69, 9.17) is 10.5 Å². The van der Waals surface area contributed by atoms with Crippen LogP contribution in [-0.4, -0.2) is 23.4 Å². The van der Waals surface area contributed by atoms with E-state index in [0.29, 0.717) is 17.1 Å². The van der Waals surface area contributed by atoms with Gasteiger partial charge < -0.3 is 15.8 Å². The third kappa shape index (κ3) is 4.90. The number of aromatic nitrogens is 1. The van der Waals surface area contributed by atoms with E-state index in [2.05, 4.69) is 26.2 Å². The van der Waals surface area contributed by atoms with Gasteiger partial charge in [0.05, 0.1) is 17.9 Å². The van der Waals surface area contributed by atoms with Gasteiger partial charge in [0.15, 0.2) is 0 Å². The maximum atomic E-state index is 12.3. The number of nitrogens with zero attached hydrogens (tertiary/aromatic N) is 1. The Morgan fingerprint density at radius 3 is 2.62 bits per heavy atom. The van der Waals surface area contributed by atoms with Gasteiger partial charge in [0, 0.05) is 20.9 Å². The van der Waals surface area contributed by atoms with Crippen molar-refractivity contribution in [2.45, 2.75) is 6.42 Å². The zero-order valence-electron chi connectivity index (χ0n) is 13.4. The van der Waals surface area contributed by atoms with Crippen LogP contribution in [0.4, 0.5) is 5.69 Å². The summed E-state index contributed by atoms with van der Waals surface area (Å²) in [7, 11) is 0. The molecule has 0 aliphatic heterocycles. The number of hydrogen-bond acceptors (Lipinski definition) is 6. The average Bonchev–Trinajstić information content (AvgIpc) is 3.25. The maximum absolute atomic E-state index is 12.3. The molecule has 3 aromatic rings. The predicted octanol–water partition coefficient (Wildman–Crippen LogP) is 4.14. The Hall–Kier alpha value is -2.23. The number of halogens is 1. The minimum Gasteiger partial charge on any atom is -0.493 e. The molecule has 2 heterocycles. The van der Waals surface area contributed by atoms with Crippen molar-refractivity contribution in [1.82, 2.24) is 4.98 Å². The summed E-state index contributed by atoms with van der Waals surface area (Å²) < 4.78 is 6.39. The van der Waals surface area contributed by atoms with Crippen molar-refractivity contribution in [3.05, 3.63) is 51.3 Å². The summed E-state index contributed by atoms with van der Waals surface area (Å²) >= 11 is 6.41. The van der Waals surface area contributed by atoms with Gasteiger partial charge in [-0.3, -0.25) is 9.59 Å². The number of carbonyl (C=O) groups excluding carboxylic acids is 2. The first-order chi connectivity index (χ1) is 12.5.